The van der Waals surface area contributed by atoms with Crippen molar-refractivity contribution in [3.63, 3.8) is 0 Å². The Morgan fingerprint density at radius 1 is 1.00 bits per heavy atom. The molecule has 0 unspecified atom stereocenters. The first kappa shape index (κ1) is 18.1. The summed E-state index contributed by atoms with van der Waals surface area (Å²) in [6, 6.07) is 14.3. The van der Waals surface area contributed by atoms with Gasteiger partial charge in [0, 0.05) is 28.8 Å². The van der Waals surface area contributed by atoms with E-state index in [1.54, 1.807) is 11.8 Å². The Bertz CT molecular complexity index is 1130. The summed E-state index contributed by atoms with van der Waals surface area (Å²) < 4.78 is 16.9. The Morgan fingerprint density at radius 2 is 1.83 bits per heavy atom. The van der Waals surface area contributed by atoms with Crippen LogP contribution < -0.4 is 9.47 Å². The smallest absolute Gasteiger partial charge is 0.231 e. The third-order valence-electron chi connectivity index (χ3n) is 4.64. The highest BCUT2D eigenvalue weighted by Gasteiger charge is 2.18. The molecule has 2 aromatic carbocycles. The molecule has 0 aliphatic carbocycles. The van der Waals surface area contributed by atoms with Crippen molar-refractivity contribution < 1.29 is 9.47 Å². The Kier molecular flexibility index (Phi) is 4.91. The number of thioether (sulfide) groups is 1. The van der Waals surface area contributed by atoms with E-state index in [1.807, 2.05) is 23.6 Å². The fraction of sp³-hybridized carbons (Fsp3) is 0.200. The number of fused-ring (bicyclic) bond motifs is 1. The van der Waals surface area contributed by atoms with Crippen LogP contribution in [0.25, 0.3) is 22.6 Å². The zero-order chi connectivity index (χ0) is 19.6. The van der Waals surface area contributed by atoms with Crippen LogP contribution in [0.1, 0.15) is 12.5 Å². The van der Waals surface area contributed by atoms with Crippen molar-refractivity contribution >= 4 is 23.3 Å². The van der Waals surface area contributed by atoms with Crippen LogP contribution in [0, 0.1) is 0 Å². The molecule has 9 heteroatoms. The maximum Gasteiger partial charge on any atom is 0.231 e. The minimum Gasteiger partial charge on any atom is -0.454 e. The van der Waals surface area contributed by atoms with E-state index in [4.69, 9.17) is 9.47 Å². The van der Waals surface area contributed by atoms with Crippen molar-refractivity contribution in [1.29, 1.82) is 0 Å². The number of hydrogen-bond donors (Lipinski definition) is 0. The summed E-state index contributed by atoms with van der Waals surface area (Å²) in [7, 11) is 0. The van der Waals surface area contributed by atoms with E-state index in [0.717, 1.165) is 51.6 Å². The molecule has 0 N–H and O–H groups in total. The van der Waals surface area contributed by atoms with E-state index in [-0.39, 0.29) is 6.79 Å². The Labute approximate surface area is 175 Å². The van der Waals surface area contributed by atoms with Crippen molar-refractivity contribution in [2.45, 2.75) is 24.4 Å². The van der Waals surface area contributed by atoms with Gasteiger partial charge in [0.25, 0.3) is 0 Å². The molecule has 0 fully saturated rings. The Balaban J connectivity index is 1.33. The highest BCUT2D eigenvalue weighted by Crippen LogP contribution is 2.36. The molecule has 5 rings (SSSR count). The molecule has 0 saturated carbocycles. The van der Waals surface area contributed by atoms with E-state index < -0.39 is 0 Å². The van der Waals surface area contributed by atoms with Crippen LogP contribution >= 0.6 is 23.3 Å². The highest BCUT2D eigenvalue weighted by atomic mass is 32.2. The summed E-state index contributed by atoms with van der Waals surface area (Å²) in [5, 5.41) is 15.8. The van der Waals surface area contributed by atoms with Crippen molar-refractivity contribution in [1.82, 2.24) is 24.4 Å². The third-order valence-corrected chi connectivity index (χ3v) is 6.18. The SMILES string of the molecule is CCn1c(SCc2ccc(-c3csnn3)cc2)nnc1-c1ccc2c(c1)OCO2. The first-order valence-electron chi connectivity index (χ1n) is 9.14. The molecule has 0 radical (unpaired) electrons. The van der Waals surface area contributed by atoms with E-state index in [2.05, 4.69) is 55.5 Å². The van der Waals surface area contributed by atoms with E-state index in [0.29, 0.717) is 0 Å². The second-order valence-corrected chi connectivity index (χ2v) is 7.95. The molecule has 7 nitrogen and oxygen atoms in total. The summed E-state index contributed by atoms with van der Waals surface area (Å²) in [5.41, 5.74) is 4.18. The van der Waals surface area contributed by atoms with Crippen LogP contribution in [-0.2, 0) is 12.3 Å². The molecule has 29 heavy (non-hydrogen) atoms. The lowest BCUT2D eigenvalue weighted by Gasteiger charge is -2.08. The molecule has 146 valence electrons. The number of benzene rings is 2. The van der Waals surface area contributed by atoms with Crippen LogP contribution in [0.4, 0.5) is 0 Å². The van der Waals surface area contributed by atoms with Gasteiger partial charge in [0.05, 0.1) is 0 Å². The van der Waals surface area contributed by atoms with Crippen LogP contribution in [0.3, 0.4) is 0 Å². The maximum absolute atomic E-state index is 5.49. The van der Waals surface area contributed by atoms with Crippen molar-refractivity contribution in [2.24, 2.45) is 0 Å². The van der Waals surface area contributed by atoms with Crippen LogP contribution in [0.15, 0.2) is 53.0 Å². The van der Waals surface area contributed by atoms with Crippen LogP contribution in [0.2, 0.25) is 0 Å². The lowest BCUT2D eigenvalue weighted by atomic mass is 10.1. The lowest BCUT2D eigenvalue weighted by Crippen LogP contribution is -2.00. The van der Waals surface area contributed by atoms with Gasteiger partial charge in [0.15, 0.2) is 22.5 Å². The first-order chi connectivity index (χ1) is 14.3. The minimum absolute atomic E-state index is 0.262. The van der Waals surface area contributed by atoms with Crippen LogP contribution in [0.5, 0.6) is 11.5 Å². The standard InChI is InChI=1S/C20H17N5O2S2/c1-2-25-19(15-7-8-17-18(9-15)27-12-26-17)22-23-20(25)28-10-13-3-5-14(6-4-13)16-11-29-24-21-16/h3-9,11H,2,10,12H2,1H3. The molecule has 0 amide bonds. The lowest BCUT2D eigenvalue weighted by molar-refractivity contribution is 0.174. The van der Waals surface area contributed by atoms with Gasteiger partial charge in [-0.05, 0) is 42.2 Å². The van der Waals surface area contributed by atoms with Gasteiger partial charge in [0.1, 0.15) is 5.69 Å². The predicted molar refractivity (Wildman–Crippen MR) is 112 cm³/mol. The van der Waals surface area contributed by atoms with Crippen LogP contribution in [-0.4, -0.2) is 31.1 Å². The summed E-state index contributed by atoms with van der Waals surface area (Å²) in [6.45, 7) is 3.15. The number of nitrogens with zero attached hydrogens (tertiary/aromatic N) is 5. The number of ether oxygens (including phenoxy) is 2. The van der Waals surface area contributed by atoms with Gasteiger partial charge in [-0.25, -0.2) is 0 Å². The number of aromatic nitrogens is 5. The van der Waals surface area contributed by atoms with Gasteiger partial charge in [-0.1, -0.05) is 40.5 Å². The summed E-state index contributed by atoms with van der Waals surface area (Å²) in [5.74, 6) is 3.16. The molecule has 0 bridgehead atoms. The molecule has 1 aliphatic heterocycles. The van der Waals surface area contributed by atoms with Crippen molar-refractivity contribution in [3.8, 4) is 34.1 Å². The molecule has 0 spiro atoms. The third kappa shape index (κ3) is 3.58. The predicted octanol–water partition coefficient (Wildman–Crippen LogP) is 4.50. The largest absolute Gasteiger partial charge is 0.454 e. The fourth-order valence-electron chi connectivity index (χ4n) is 3.14. The molecular weight excluding hydrogens is 406 g/mol. The van der Waals surface area contributed by atoms with Gasteiger partial charge >= 0.3 is 0 Å². The summed E-state index contributed by atoms with van der Waals surface area (Å²) in [6.07, 6.45) is 0. The molecule has 0 atom stereocenters. The average molecular weight is 424 g/mol. The van der Waals surface area contributed by atoms with E-state index in [1.165, 1.54) is 17.1 Å². The van der Waals surface area contributed by atoms with E-state index >= 15 is 0 Å². The zero-order valence-corrected chi connectivity index (χ0v) is 17.2. The zero-order valence-electron chi connectivity index (χ0n) is 15.6. The van der Waals surface area contributed by atoms with Gasteiger partial charge in [-0.15, -0.1) is 15.3 Å². The Morgan fingerprint density at radius 3 is 2.62 bits per heavy atom. The molecule has 1 aliphatic rings. The van der Waals surface area contributed by atoms with Gasteiger partial charge in [-0.3, -0.25) is 0 Å². The van der Waals surface area contributed by atoms with Crippen molar-refractivity contribution in [3.05, 3.63) is 53.4 Å². The molecule has 3 heterocycles. The number of hydrogen-bond acceptors (Lipinski definition) is 8. The van der Waals surface area contributed by atoms with Gasteiger partial charge in [-0.2, -0.15) is 0 Å². The summed E-state index contributed by atoms with van der Waals surface area (Å²) in [4.78, 5) is 0. The van der Waals surface area contributed by atoms with E-state index in [9.17, 15) is 0 Å². The first-order valence-corrected chi connectivity index (χ1v) is 11.0. The second kappa shape index (κ2) is 7.84. The Hall–Kier alpha value is -2.91. The quantitative estimate of drug-likeness (QED) is 0.423. The van der Waals surface area contributed by atoms with Gasteiger partial charge < -0.3 is 14.0 Å². The van der Waals surface area contributed by atoms with Crippen molar-refractivity contribution in [2.75, 3.05) is 6.79 Å². The maximum atomic E-state index is 5.49. The monoisotopic (exact) mass is 423 g/mol. The second-order valence-electron chi connectivity index (χ2n) is 6.39. The molecular formula is C20H17N5O2S2. The normalized spacial score (nSPS) is 12.4. The average Bonchev–Trinajstić information content (AvgIpc) is 3.52. The minimum atomic E-state index is 0.262. The molecule has 2 aromatic heterocycles. The fourth-order valence-corrected chi connectivity index (χ4v) is 4.56. The number of rotatable bonds is 6. The summed E-state index contributed by atoms with van der Waals surface area (Å²) >= 11 is 3.04. The van der Waals surface area contributed by atoms with Gasteiger partial charge in [0.2, 0.25) is 6.79 Å². The molecule has 0 saturated heterocycles. The molecule has 4 aromatic rings. The topological polar surface area (TPSA) is 75.0 Å². The highest BCUT2D eigenvalue weighted by molar-refractivity contribution is 7.98.